The lowest BCUT2D eigenvalue weighted by Crippen LogP contribution is -2.33. The zero-order chi connectivity index (χ0) is 7.90. The molecule has 11 heavy (non-hydrogen) atoms. The van der Waals surface area contributed by atoms with E-state index in [1.165, 1.54) is 38.5 Å². The standard InChI is InChI=1S/C11H20/c1-9-5-3-6-10-7-4-8-11(9,10)2/h9-10H,3-8H2,1-2H3. The Morgan fingerprint density at radius 2 is 1.82 bits per heavy atom. The fraction of sp³-hybridized carbons (Fsp3) is 1.00. The molecule has 0 radical (unpaired) electrons. The van der Waals surface area contributed by atoms with Crippen molar-refractivity contribution in [1.29, 1.82) is 0 Å². The zero-order valence-electron chi connectivity index (χ0n) is 7.90. The lowest BCUT2D eigenvalue weighted by molar-refractivity contribution is 0.0812. The maximum absolute atomic E-state index is 2.54. The van der Waals surface area contributed by atoms with Crippen LogP contribution in [0.5, 0.6) is 0 Å². The van der Waals surface area contributed by atoms with Crippen LogP contribution in [0.15, 0.2) is 0 Å². The molecule has 0 nitrogen and oxygen atoms in total. The number of hydrogen-bond acceptors (Lipinski definition) is 0. The van der Waals surface area contributed by atoms with Crippen molar-refractivity contribution in [1.82, 2.24) is 0 Å². The molecular formula is C11H20. The fourth-order valence-corrected chi connectivity index (χ4v) is 3.39. The molecule has 2 fully saturated rings. The van der Waals surface area contributed by atoms with Gasteiger partial charge in [-0.1, -0.05) is 33.1 Å². The highest BCUT2D eigenvalue weighted by atomic mass is 14.5. The van der Waals surface area contributed by atoms with Crippen LogP contribution in [0.25, 0.3) is 0 Å². The first-order valence-electron chi connectivity index (χ1n) is 5.23. The summed E-state index contributed by atoms with van der Waals surface area (Å²) in [5, 5.41) is 0. The van der Waals surface area contributed by atoms with Gasteiger partial charge >= 0.3 is 0 Å². The quantitative estimate of drug-likeness (QED) is 0.497. The second-order valence-corrected chi connectivity index (χ2v) is 4.93. The van der Waals surface area contributed by atoms with Crippen LogP contribution >= 0.6 is 0 Å². The van der Waals surface area contributed by atoms with Crippen LogP contribution in [0.1, 0.15) is 52.4 Å². The molecule has 0 aromatic rings. The summed E-state index contributed by atoms with van der Waals surface area (Å²) >= 11 is 0. The first-order valence-corrected chi connectivity index (χ1v) is 5.23. The van der Waals surface area contributed by atoms with E-state index in [2.05, 4.69) is 13.8 Å². The number of fused-ring (bicyclic) bond motifs is 1. The molecule has 2 aliphatic carbocycles. The summed E-state index contributed by atoms with van der Waals surface area (Å²) < 4.78 is 0. The van der Waals surface area contributed by atoms with Crippen molar-refractivity contribution in [2.24, 2.45) is 17.3 Å². The van der Waals surface area contributed by atoms with Gasteiger partial charge in [0.1, 0.15) is 0 Å². The van der Waals surface area contributed by atoms with Crippen molar-refractivity contribution in [3.8, 4) is 0 Å². The molecule has 0 aromatic heterocycles. The largest absolute Gasteiger partial charge is 0.0620 e. The summed E-state index contributed by atoms with van der Waals surface area (Å²) in [7, 11) is 0. The molecular weight excluding hydrogens is 132 g/mol. The lowest BCUT2D eigenvalue weighted by atomic mass is 9.63. The molecule has 0 heterocycles. The van der Waals surface area contributed by atoms with Gasteiger partial charge in [-0.2, -0.15) is 0 Å². The van der Waals surface area contributed by atoms with E-state index in [1.54, 1.807) is 0 Å². The van der Waals surface area contributed by atoms with Crippen molar-refractivity contribution >= 4 is 0 Å². The Bertz CT molecular complexity index is 150. The minimum absolute atomic E-state index is 0.748. The summed E-state index contributed by atoms with van der Waals surface area (Å²) in [5.74, 6) is 2.09. The molecule has 0 saturated heterocycles. The maximum atomic E-state index is 2.54. The van der Waals surface area contributed by atoms with Gasteiger partial charge in [-0.05, 0) is 36.5 Å². The van der Waals surface area contributed by atoms with Crippen LogP contribution in [0.3, 0.4) is 0 Å². The molecule has 0 amide bonds. The smallest absolute Gasteiger partial charge is 0.0272 e. The highest BCUT2D eigenvalue weighted by molar-refractivity contribution is 4.94. The Balaban J connectivity index is 2.17. The average molecular weight is 152 g/mol. The van der Waals surface area contributed by atoms with E-state index in [0.717, 1.165) is 17.3 Å². The number of rotatable bonds is 0. The van der Waals surface area contributed by atoms with Crippen LogP contribution < -0.4 is 0 Å². The van der Waals surface area contributed by atoms with E-state index in [1.807, 2.05) is 0 Å². The van der Waals surface area contributed by atoms with Crippen LogP contribution in [0.2, 0.25) is 0 Å². The van der Waals surface area contributed by atoms with Gasteiger partial charge < -0.3 is 0 Å². The molecule has 2 rings (SSSR count). The highest BCUT2D eigenvalue weighted by Crippen LogP contribution is 2.54. The van der Waals surface area contributed by atoms with Gasteiger partial charge in [-0.3, -0.25) is 0 Å². The normalized spacial score (nSPS) is 50.7. The van der Waals surface area contributed by atoms with E-state index in [9.17, 15) is 0 Å². The summed E-state index contributed by atoms with van der Waals surface area (Å²) in [6.07, 6.45) is 9.07. The molecule has 0 heteroatoms. The highest BCUT2D eigenvalue weighted by Gasteiger charge is 2.44. The summed E-state index contributed by atoms with van der Waals surface area (Å²) in [6, 6.07) is 0. The van der Waals surface area contributed by atoms with Crippen LogP contribution in [0, 0.1) is 17.3 Å². The maximum Gasteiger partial charge on any atom is -0.0272 e. The van der Waals surface area contributed by atoms with Crippen LogP contribution in [0.4, 0.5) is 0 Å². The Hall–Kier alpha value is 0. The predicted octanol–water partition coefficient (Wildman–Crippen LogP) is 3.61. The Labute approximate surface area is 70.4 Å². The third-order valence-electron chi connectivity index (χ3n) is 4.52. The Kier molecular flexibility index (Phi) is 1.74. The van der Waals surface area contributed by atoms with E-state index in [4.69, 9.17) is 0 Å². The molecule has 3 atom stereocenters. The zero-order valence-corrected chi connectivity index (χ0v) is 7.90. The van der Waals surface area contributed by atoms with Crippen molar-refractivity contribution in [3.63, 3.8) is 0 Å². The first kappa shape index (κ1) is 7.64. The molecule has 0 N–H and O–H groups in total. The molecule has 0 bridgehead atoms. The summed E-state index contributed by atoms with van der Waals surface area (Å²) in [4.78, 5) is 0. The van der Waals surface area contributed by atoms with Gasteiger partial charge in [0.2, 0.25) is 0 Å². The monoisotopic (exact) mass is 152 g/mol. The van der Waals surface area contributed by atoms with Crippen molar-refractivity contribution in [2.75, 3.05) is 0 Å². The second-order valence-electron chi connectivity index (χ2n) is 4.93. The van der Waals surface area contributed by atoms with Crippen LogP contribution in [-0.4, -0.2) is 0 Å². The summed E-state index contributed by atoms with van der Waals surface area (Å²) in [6.45, 7) is 5.01. The van der Waals surface area contributed by atoms with E-state index >= 15 is 0 Å². The lowest BCUT2D eigenvalue weighted by Gasteiger charge is -2.42. The summed E-state index contributed by atoms with van der Waals surface area (Å²) in [5.41, 5.74) is 0.748. The Morgan fingerprint density at radius 3 is 2.55 bits per heavy atom. The van der Waals surface area contributed by atoms with Crippen molar-refractivity contribution in [2.45, 2.75) is 52.4 Å². The number of hydrogen-bond donors (Lipinski definition) is 0. The second kappa shape index (κ2) is 2.50. The van der Waals surface area contributed by atoms with Crippen molar-refractivity contribution < 1.29 is 0 Å². The van der Waals surface area contributed by atoms with Gasteiger partial charge in [0.15, 0.2) is 0 Å². The average Bonchev–Trinajstić information content (AvgIpc) is 2.34. The molecule has 64 valence electrons. The third kappa shape index (κ3) is 1.02. The minimum atomic E-state index is 0.748. The molecule has 0 aromatic carbocycles. The van der Waals surface area contributed by atoms with E-state index in [0.29, 0.717) is 0 Å². The first-order chi connectivity index (χ1) is 5.23. The SMILES string of the molecule is CC1CCCC2CCCC12C. The third-order valence-corrected chi connectivity index (χ3v) is 4.52. The molecule has 0 aliphatic heterocycles. The Morgan fingerprint density at radius 1 is 1.09 bits per heavy atom. The molecule has 0 spiro atoms. The predicted molar refractivity (Wildman–Crippen MR) is 48.5 cm³/mol. The van der Waals surface area contributed by atoms with Crippen molar-refractivity contribution in [3.05, 3.63) is 0 Å². The molecule has 2 saturated carbocycles. The van der Waals surface area contributed by atoms with E-state index < -0.39 is 0 Å². The van der Waals surface area contributed by atoms with Gasteiger partial charge in [0.05, 0.1) is 0 Å². The van der Waals surface area contributed by atoms with Crippen LogP contribution in [-0.2, 0) is 0 Å². The van der Waals surface area contributed by atoms with Gasteiger partial charge in [-0.25, -0.2) is 0 Å². The molecule has 3 unspecified atom stereocenters. The molecule has 2 aliphatic rings. The topological polar surface area (TPSA) is 0 Å². The minimum Gasteiger partial charge on any atom is -0.0620 e. The van der Waals surface area contributed by atoms with Gasteiger partial charge in [0.25, 0.3) is 0 Å². The van der Waals surface area contributed by atoms with Gasteiger partial charge in [0, 0.05) is 0 Å². The fourth-order valence-electron chi connectivity index (χ4n) is 3.39. The van der Waals surface area contributed by atoms with E-state index in [-0.39, 0.29) is 0 Å². The van der Waals surface area contributed by atoms with Gasteiger partial charge in [-0.15, -0.1) is 0 Å².